The van der Waals surface area contributed by atoms with Crippen LogP contribution < -0.4 is 10.3 Å². The molecule has 10 heteroatoms. The number of hydrogen-bond acceptors (Lipinski definition) is 7. The maximum absolute atomic E-state index is 13.3. The molecule has 5 rings (SSSR count). The van der Waals surface area contributed by atoms with Crippen molar-refractivity contribution in [3.8, 4) is 11.4 Å². The molecule has 0 N–H and O–H groups in total. The van der Waals surface area contributed by atoms with Crippen LogP contribution in [0.2, 0.25) is 0 Å². The zero-order chi connectivity index (χ0) is 22.9. The molecule has 2 aromatic heterocycles. The van der Waals surface area contributed by atoms with Crippen LogP contribution >= 0.6 is 11.8 Å². The van der Waals surface area contributed by atoms with E-state index in [1.165, 1.54) is 11.8 Å². The van der Waals surface area contributed by atoms with E-state index in [2.05, 4.69) is 15.5 Å². The number of carbonyl (C=O) groups is 1. The highest BCUT2D eigenvalue weighted by Gasteiger charge is 2.37. The van der Waals surface area contributed by atoms with Crippen LogP contribution in [0.4, 0.5) is 0 Å². The fourth-order valence-electron chi connectivity index (χ4n) is 4.81. The van der Waals surface area contributed by atoms with Gasteiger partial charge in [-0.1, -0.05) is 17.8 Å². The Kier molecular flexibility index (Phi) is 5.92. The molecule has 2 aliphatic heterocycles. The fraction of sp³-hybridized carbons (Fsp3) is 0.435. The number of piperidine rings is 1. The Morgan fingerprint density at radius 3 is 2.79 bits per heavy atom. The van der Waals surface area contributed by atoms with Gasteiger partial charge in [0.2, 0.25) is 11.1 Å². The highest BCUT2D eigenvalue weighted by Crippen LogP contribution is 2.36. The molecule has 0 aliphatic carbocycles. The first-order valence-electron chi connectivity index (χ1n) is 11.2. The first-order chi connectivity index (χ1) is 16.0. The number of amides is 1. The Morgan fingerprint density at radius 1 is 1.18 bits per heavy atom. The second kappa shape index (κ2) is 9.01. The number of nitrogens with zero attached hydrogens (tertiary/aromatic N) is 6. The number of likely N-dealkylation sites (tertiary alicyclic amines) is 1. The number of thioether (sulfide) groups is 1. The van der Waals surface area contributed by atoms with Crippen molar-refractivity contribution < 1.29 is 9.53 Å². The lowest BCUT2D eigenvalue weighted by Gasteiger charge is -2.43. The minimum atomic E-state index is -0.339. The Morgan fingerprint density at radius 2 is 2.00 bits per heavy atom. The average Bonchev–Trinajstić information content (AvgIpc) is 3.28. The van der Waals surface area contributed by atoms with E-state index in [-0.39, 0.29) is 22.6 Å². The van der Waals surface area contributed by atoms with Gasteiger partial charge in [0.05, 0.1) is 17.5 Å². The van der Waals surface area contributed by atoms with Gasteiger partial charge in [0, 0.05) is 37.3 Å². The van der Waals surface area contributed by atoms with Crippen LogP contribution in [-0.2, 0) is 11.3 Å². The standard InChI is InChI=1S/C23H26N6O3S/c1-3-32-19-9-7-18(8-10-19)29-23(24-25-26-29)33-15(2)22(31)27-12-16-11-17(14-27)20-5-4-6-21(30)28(20)13-16/h4-10,15-17H,3,11-14H2,1-2H3/t15-,16+,17-/m0/s1. The van der Waals surface area contributed by atoms with Gasteiger partial charge in [0.25, 0.3) is 5.56 Å². The number of tetrazole rings is 1. The van der Waals surface area contributed by atoms with Crippen molar-refractivity contribution in [1.82, 2.24) is 29.7 Å². The normalized spacial score (nSPS) is 20.2. The first kappa shape index (κ1) is 21.7. The molecular formula is C23H26N6O3S. The SMILES string of the molecule is CCOc1ccc(-n2nnnc2S[C@@H](C)C(=O)N2C[C@H]3C[C@@H](C2)c2cccc(=O)n2C3)cc1. The third kappa shape index (κ3) is 4.27. The molecule has 2 aliphatic rings. The van der Waals surface area contributed by atoms with E-state index >= 15 is 0 Å². The summed E-state index contributed by atoms with van der Waals surface area (Å²) in [5.41, 5.74) is 1.89. The van der Waals surface area contributed by atoms with Gasteiger partial charge < -0.3 is 14.2 Å². The van der Waals surface area contributed by atoms with Crippen molar-refractivity contribution in [2.75, 3.05) is 19.7 Å². The highest BCUT2D eigenvalue weighted by molar-refractivity contribution is 8.00. The van der Waals surface area contributed by atoms with Crippen molar-refractivity contribution in [3.05, 3.63) is 58.5 Å². The Hall–Kier alpha value is -3.14. The molecule has 4 heterocycles. The second-order valence-electron chi connectivity index (χ2n) is 8.50. The zero-order valence-electron chi connectivity index (χ0n) is 18.6. The molecule has 172 valence electrons. The first-order valence-corrected chi connectivity index (χ1v) is 12.1. The van der Waals surface area contributed by atoms with Crippen LogP contribution in [-0.4, -0.2) is 60.5 Å². The quantitative estimate of drug-likeness (QED) is 0.515. The van der Waals surface area contributed by atoms with Crippen molar-refractivity contribution >= 4 is 17.7 Å². The minimum absolute atomic E-state index is 0.0482. The smallest absolute Gasteiger partial charge is 0.250 e. The van der Waals surface area contributed by atoms with E-state index in [0.717, 1.165) is 23.6 Å². The maximum Gasteiger partial charge on any atom is 0.250 e. The lowest BCUT2D eigenvalue weighted by Crippen LogP contribution is -2.50. The molecule has 1 saturated heterocycles. The molecule has 2 bridgehead atoms. The maximum atomic E-state index is 13.3. The van der Waals surface area contributed by atoms with Crippen molar-refractivity contribution in [3.63, 3.8) is 0 Å². The number of benzene rings is 1. The summed E-state index contributed by atoms with van der Waals surface area (Å²) in [5, 5.41) is 12.3. The largest absolute Gasteiger partial charge is 0.494 e. The summed E-state index contributed by atoms with van der Waals surface area (Å²) in [6.45, 7) is 6.42. The van der Waals surface area contributed by atoms with E-state index in [1.807, 2.05) is 59.7 Å². The average molecular weight is 467 g/mol. The van der Waals surface area contributed by atoms with Crippen LogP contribution in [0, 0.1) is 5.92 Å². The molecule has 0 radical (unpaired) electrons. The topological polar surface area (TPSA) is 95.1 Å². The third-order valence-electron chi connectivity index (χ3n) is 6.25. The molecule has 0 unspecified atom stereocenters. The fourth-order valence-corrected chi connectivity index (χ4v) is 5.70. The van der Waals surface area contributed by atoms with Gasteiger partial charge in [-0.05, 0) is 66.9 Å². The predicted molar refractivity (Wildman–Crippen MR) is 124 cm³/mol. The Bertz CT molecular complexity index is 1210. The minimum Gasteiger partial charge on any atom is -0.494 e. The van der Waals surface area contributed by atoms with Gasteiger partial charge in [-0.2, -0.15) is 4.68 Å². The van der Waals surface area contributed by atoms with Gasteiger partial charge in [-0.25, -0.2) is 0 Å². The molecule has 3 atom stereocenters. The van der Waals surface area contributed by atoms with Gasteiger partial charge >= 0.3 is 0 Å². The van der Waals surface area contributed by atoms with Gasteiger partial charge in [0.1, 0.15) is 5.75 Å². The van der Waals surface area contributed by atoms with Crippen molar-refractivity contribution in [1.29, 1.82) is 0 Å². The number of aromatic nitrogens is 5. The molecule has 1 aromatic carbocycles. The lowest BCUT2D eigenvalue weighted by atomic mass is 9.83. The summed E-state index contributed by atoms with van der Waals surface area (Å²) in [5.74, 6) is 1.35. The Balaban J connectivity index is 1.29. The summed E-state index contributed by atoms with van der Waals surface area (Å²) in [6.07, 6.45) is 1.02. The number of hydrogen-bond donors (Lipinski definition) is 0. The number of carbonyl (C=O) groups excluding carboxylic acids is 1. The molecule has 1 fully saturated rings. The monoisotopic (exact) mass is 466 g/mol. The number of ether oxygens (including phenoxy) is 1. The van der Waals surface area contributed by atoms with Gasteiger partial charge in [-0.3, -0.25) is 9.59 Å². The molecule has 1 amide bonds. The number of rotatable bonds is 6. The zero-order valence-corrected chi connectivity index (χ0v) is 19.4. The van der Waals surface area contributed by atoms with Gasteiger partial charge in [-0.15, -0.1) is 5.10 Å². The van der Waals surface area contributed by atoms with E-state index < -0.39 is 0 Å². The molecule has 0 spiro atoms. The third-order valence-corrected chi connectivity index (χ3v) is 7.28. The summed E-state index contributed by atoms with van der Waals surface area (Å²) >= 11 is 1.35. The Labute approximate surface area is 195 Å². The molecule has 3 aromatic rings. The van der Waals surface area contributed by atoms with Crippen LogP contribution in [0.15, 0.2) is 52.4 Å². The highest BCUT2D eigenvalue weighted by atomic mass is 32.2. The van der Waals surface area contributed by atoms with Crippen molar-refractivity contribution in [2.24, 2.45) is 5.92 Å². The summed E-state index contributed by atoms with van der Waals surface area (Å²) < 4.78 is 9.01. The molecule has 33 heavy (non-hydrogen) atoms. The lowest BCUT2D eigenvalue weighted by molar-refractivity contribution is -0.133. The van der Waals surface area contributed by atoms with E-state index in [9.17, 15) is 9.59 Å². The molecular weight excluding hydrogens is 440 g/mol. The van der Waals surface area contributed by atoms with Gasteiger partial charge in [0.15, 0.2) is 0 Å². The van der Waals surface area contributed by atoms with Crippen molar-refractivity contribution in [2.45, 2.75) is 43.1 Å². The summed E-state index contributed by atoms with van der Waals surface area (Å²) in [4.78, 5) is 27.5. The van der Waals surface area contributed by atoms with E-state index in [0.29, 0.717) is 37.3 Å². The number of pyridine rings is 1. The predicted octanol–water partition coefficient (Wildman–Crippen LogP) is 2.35. The summed E-state index contributed by atoms with van der Waals surface area (Å²) in [6, 6.07) is 13.0. The van der Waals surface area contributed by atoms with E-state index in [4.69, 9.17) is 4.74 Å². The van der Waals surface area contributed by atoms with Crippen LogP contribution in [0.25, 0.3) is 5.69 Å². The summed E-state index contributed by atoms with van der Waals surface area (Å²) in [7, 11) is 0. The van der Waals surface area contributed by atoms with E-state index in [1.54, 1.807) is 10.7 Å². The van der Waals surface area contributed by atoms with Crippen LogP contribution in [0.3, 0.4) is 0 Å². The van der Waals surface area contributed by atoms with Crippen LogP contribution in [0.1, 0.15) is 31.9 Å². The molecule has 0 saturated carbocycles. The van der Waals surface area contributed by atoms with Crippen LogP contribution in [0.5, 0.6) is 5.75 Å². The molecule has 9 nitrogen and oxygen atoms in total. The second-order valence-corrected chi connectivity index (χ2v) is 9.81. The number of fused-ring (bicyclic) bond motifs is 4.